The van der Waals surface area contributed by atoms with Crippen LogP contribution in [-0.2, 0) is 28.5 Å². The number of carbonyl (C=O) groups excluding carboxylic acids is 2. The number of hydrogen-bond donors (Lipinski definition) is 0. The van der Waals surface area contributed by atoms with Crippen LogP contribution < -0.4 is 0 Å². The Morgan fingerprint density at radius 2 is 2.12 bits per heavy atom. The van der Waals surface area contributed by atoms with Crippen molar-refractivity contribution in [1.82, 2.24) is 0 Å². The summed E-state index contributed by atoms with van der Waals surface area (Å²) in [5, 5.41) is 0. The molecule has 2 unspecified atom stereocenters. The molecule has 0 spiro atoms. The number of carbonyl (C=O) groups is 2. The van der Waals surface area contributed by atoms with Crippen LogP contribution in [0.2, 0.25) is 0 Å². The highest BCUT2D eigenvalue weighted by atomic mass is 16.8. The molecule has 0 bridgehead atoms. The molecule has 0 saturated carbocycles. The summed E-state index contributed by atoms with van der Waals surface area (Å²) in [5.74, 6) is -1.90. The van der Waals surface area contributed by atoms with Crippen molar-refractivity contribution < 1.29 is 28.5 Å². The Balaban J connectivity index is 2.70. The van der Waals surface area contributed by atoms with E-state index in [4.69, 9.17) is 14.2 Å². The molecule has 0 aliphatic carbocycles. The van der Waals surface area contributed by atoms with Gasteiger partial charge in [-0.15, -0.1) is 0 Å². The minimum atomic E-state index is -1.07. The molecule has 0 aromatic heterocycles. The normalized spacial score (nSPS) is 24.1. The lowest BCUT2D eigenvalue weighted by Crippen LogP contribution is -2.41. The summed E-state index contributed by atoms with van der Waals surface area (Å²) in [5.41, 5.74) is 0. The summed E-state index contributed by atoms with van der Waals surface area (Å²) in [6, 6.07) is 0. The van der Waals surface area contributed by atoms with Gasteiger partial charge in [0.15, 0.2) is 5.79 Å². The van der Waals surface area contributed by atoms with Crippen LogP contribution in [0.4, 0.5) is 0 Å². The van der Waals surface area contributed by atoms with Crippen molar-refractivity contribution in [2.24, 2.45) is 0 Å². The van der Waals surface area contributed by atoms with E-state index in [2.05, 4.69) is 4.74 Å². The van der Waals surface area contributed by atoms with Gasteiger partial charge in [0.1, 0.15) is 6.10 Å². The second-order valence-electron chi connectivity index (χ2n) is 4.15. The van der Waals surface area contributed by atoms with Crippen molar-refractivity contribution in [3.8, 4) is 0 Å². The molecule has 0 amide bonds. The van der Waals surface area contributed by atoms with Crippen molar-refractivity contribution in [3.63, 3.8) is 0 Å². The van der Waals surface area contributed by atoms with Crippen LogP contribution in [-0.4, -0.2) is 43.7 Å². The number of esters is 2. The highest BCUT2D eigenvalue weighted by Gasteiger charge is 2.43. The first kappa shape index (κ1) is 13.9. The van der Waals surface area contributed by atoms with Gasteiger partial charge < -0.3 is 18.9 Å². The Bertz CT molecular complexity index is 298. The summed E-state index contributed by atoms with van der Waals surface area (Å²) in [6.07, 6.45) is -1.52. The zero-order valence-electron chi connectivity index (χ0n) is 10.5. The number of methoxy groups -OCH3 is 1. The van der Waals surface area contributed by atoms with Crippen LogP contribution in [0, 0.1) is 0 Å². The van der Waals surface area contributed by atoms with Gasteiger partial charge in [-0.1, -0.05) is 6.92 Å². The quantitative estimate of drug-likeness (QED) is 0.678. The molecular weight excluding hydrogens is 228 g/mol. The Kier molecular flexibility index (Phi) is 4.47. The van der Waals surface area contributed by atoms with Gasteiger partial charge in [0.2, 0.25) is 6.10 Å². The van der Waals surface area contributed by atoms with Crippen LogP contribution in [0.3, 0.4) is 0 Å². The predicted molar refractivity (Wildman–Crippen MR) is 57.1 cm³/mol. The van der Waals surface area contributed by atoms with Crippen molar-refractivity contribution in [3.05, 3.63) is 0 Å². The van der Waals surface area contributed by atoms with E-state index in [1.54, 1.807) is 20.8 Å². The van der Waals surface area contributed by atoms with Gasteiger partial charge in [0.25, 0.3) is 0 Å². The van der Waals surface area contributed by atoms with Crippen LogP contribution in [0.5, 0.6) is 0 Å². The Morgan fingerprint density at radius 1 is 1.47 bits per heavy atom. The third-order valence-corrected chi connectivity index (χ3v) is 2.35. The molecule has 1 aliphatic heterocycles. The van der Waals surface area contributed by atoms with Gasteiger partial charge >= 0.3 is 11.9 Å². The molecule has 1 rings (SSSR count). The minimum absolute atomic E-state index is 0.184. The maximum atomic E-state index is 11.5. The van der Waals surface area contributed by atoms with Crippen molar-refractivity contribution in [2.75, 3.05) is 13.7 Å². The highest BCUT2D eigenvalue weighted by molar-refractivity contribution is 5.79. The van der Waals surface area contributed by atoms with Crippen LogP contribution in [0.25, 0.3) is 0 Å². The monoisotopic (exact) mass is 246 g/mol. The average molecular weight is 246 g/mol. The standard InChI is InChI=1S/C11H18O6/c1-5-8(12)16-9(10(13)14-4)7-6-15-11(2,3)17-7/h7,9H,5-6H2,1-4H3. The molecule has 0 aromatic carbocycles. The fourth-order valence-corrected chi connectivity index (χ4v) is 1.48. The van der Waals surface area contributed by atoms with Crippen molar-refractivity contribution in [1.29, 1.82) is 0 Å². The second-order valence-corrected chi connectivity index (χ2v) is 4.15. The first-order chi connectivity index (χ1) is 7.89. The predicted octanol–water partition coefficient (Wildman–Crippen LogP) is 0.633. The molecule has 6 nitrogen and oxygen atoms in total. The Hall–Kier alpha value is -1.14. The van der Waals surface area contributed by atoms with E-state index in [1.807, 2.05) is 0 Å². The molecule has 0 aromatic rings. The Morgan fingerprint density at radius 3 is 2.53 bits per heavy atom. The van der Waals surface area contributed by atoms with Crippen molar-refractivity contribution in [2.45, 2.75) is 45.2 Å². The smallest absolute Gasteiger partial charge is 0.350 e. The number of hydrogen-bond acceptors (Lipinski definition) is 6. The highest BCUT2D eigenvalue weighted by Crippen LogP contribution is 2.26. The lowest BCUT2D eigenvalue weighted by molar-refractivity contribution is -0.184. The number of ether oxygens (including phenoxy) is 4. The molecule has 0 radical (unpaired) electrons. The SMILES string of the molecule is CCC(=O)OC(C(=O)OC)C1COC(C)(C)O1. The van der Waals surface area contributed by atoms with Crippen molar-refractivity contribution >= 4 is 11.9 Å². The van der Waals surface area contributed by atoms with E-state index >= 15 is 0 Å². The van der Waals surface area contributed by atoms with Gasteiger partial charge in [-0.05, 0) is 13.8 Å². The van der Waals surface area contributed by atoms with Gasteiger partial charge in [-0.25, -0.2) is 4.79 Å². The first-order valence-electron chi connectivity index (χ1n) is 5.48. The molecule has 98 valence electrons. The fraction of sp³-hybridized carbons (Fsp3) is 0.818. The summed E-state index contributed by atoms with van der Waals surface area (Å²) in [4.78, 5) is 22.8. The number of rotatable bonds is 4. The molecule has 6 heteroatoms. The molecule has 17 heavy (non-hydrogen) atoms. The van der Waals surface area contributed by atoms with E-state index in [1.165, 1.54) is 7.11 Å². The lowest BCUT2D eigenvalue weighted by Gasteiger charge is -2.22. The molecule has 1 heterocycles. The van der Waals surface area contributed by atoms with E-state index in [9.17, 15) is 9.59 Å². The summed E-state index contributed by atoms with van der Waals surface area (Å²) >= 11 is 0. The largest absolute Gasteiger partial charge is 0.466 e. The zero-order valence-corrected chi connectivity index (χ0v) is 10.5. The van der Waals surface area contributed by atoms with E-state index in [0.717, 1.165) is 0 Å². The lowest BCUT2D eigenvalue weighted by atomic mass is 10.2. The fourth-order valence-electron chi connectivity index (χ4n) is 1.48. The molecule has 0 N–H and O–H groups in total. The van der Waals surface area contributed by atoms with Crippen LogP contribution >= 0.6 is 0 Å². The van der Waals surface area contributed by atoms with Gasteiger partial charge in [-0.2, -0.15) is 0 Å². The maximum Gasteiger partial charge on any atom is 0.350 e. The zero-order chi connectivity index (χ0) is 13.1. The Labute approximate surface area is 100 Å². The summed E-state index contributed by atoms with van der Waals surface area (Å²) < 4.78 is 20.4. The maximum absolute atomic E-state index is 11.5. The molecular formula is C11H18O6. The van der Waals surface area contributed by atoms with Gasteiger partial charge in [0.05, 0.1) is 13.7 Å². The molecule has 1 fully saturated rings. The van der Waals surface area contributed by atoms with Crippen LogP contribution in [0.15, 0.2) is 0 Å². The third kappa shape index (κ3) is 3.67. The average Bonchev–Trinajstić information content (AvgIpc) is 2.64. The molecule has 1 saturated heterocycles. The minimum Gasteiger partial charge on any atom is -0.466 e. The summed E-state index contributed by atoms with van der Waals surface area (Å²) in [7, 11) is 1.23. The van der Waals surface area contributed by atoms with E-state index in [0.29, 0.717) is 0 Å². The van der Waals surface area contributed by atoms with E-state index < -0.39 is 29.9 Å². The first-order valence-corrected chi connectivity index (χ1v) is 5.48. The topological polar surface area (TPSA) is 71.1 Å². The third-order valence-electron chi connectivity index (χ3n) is 2.35. The van der Waals surface area contributed by atoms with Crippen LogP contribution in [0.1, 0.15) is 27.2 Å². The summed E-state index contributed by atoms with van der Waals surface area (Å²) in [6.45, 7) is 5.28. The molecule has 2 atom stereocenters. The molecule has 1 aliphatic rings. The van der Waals surface area contributed by atoms with Gasteiger partial charge in [-0.3, -0.25) is 4.79 Å². The second kappa shape index (κ2) is 5.46. The van der Waals surface area contributed by atoms with Gasteiger partial charge in [0, 0.05) is 6.42 Å². The van der Waals surface area contributed by atoms with E-state index in [-0.39, 0.29) is 13.0 Å².